The molecule has 2 aromatic rings. The Labute approximate surface area is 153 Å². The Kier molecular flexibility index (Phi) is 7.28. The largest absolute Gasteiger partial charge is 0.370 e. The minimum Gasteiger partial charge on any atom is -0.370 e. The first-order valence-corrected chi connectivity index (χ1v) is 7.32. The molecular weight excluding hydrogens is 403 g/mol. The van der Waals surface area contributed by atoms with Gasteiger partial charge in [0.2, 0.25) is 0 Å². The van der Waals surface area contributed by atoms with Crippen molar-refractivity contribution in [2.75, 3.05) is 5.32 Å². The van der Waals surface area contributed by atoms with Gasteiger partial charge in [-0.2, -0.15) is 0 Å². The van der Waals surface area contributed by atoms with Crippen molar-refractivity contribution in [1.29, 1.82) is 0 Å². The lowest BCUT2D eigenvalue weighted by atomic mass is 10.1. The number of anilines is 1. The molecule has 1 aromatic heterocycles. The fourth-order valence-corrected chi connectivity index (χ4v) is 2.13. The standard InChI is InChI=1S/C17H22N4O.HI/c1-4-13-6-5-7-15(10-13)20-17(18)19-11-14-9-8-12(2)21(3)16(14)22;/h5-10H,4,11H2,1-3H3,(H3,18,19,20);1H. The summed E-state index contributed by atoms with van der Waals surface area (Å²) in [6.07, 6.45) is 0.964. The van der Waals surface area contributed by atoms with Crippen molar-refractivity contribution in [3.05, 3.63) is 63.6 Å². The molecule has 1 aromatic carbocycles. The molecular formula is C17H23IN4O. The van der Waals surface area contributed by atoms with E-state index in [2.05, 4.69) is 23.3 Å². The van der Waals surface area contributed by atoms with Gasteiger partial charge in [-0.05, 0) is 43.2 Å². The highest BCUT2D eigenvalue weighted by Crippen LogP contribution is 2.10. The Balaban J connectivity index is 0.00000264. The molecule has 124 valence electrons. The lowest BCUT2D eigenvalue weighted by Crippen LogP contribution is -2.25. The van der Waals surface area contributed by atoms with Crippen LogP contribution in [-0.4, -0.2) is 10.5 Å². The van der Waals surface area contributed by atoms with E-state index in [0.717, 1.165) is 17.8 Å². The summed E-state index contributed by atoms with van der Waals surface area (Å²) in [6, 6.07) is 11.7. The lowest BCUT2D eigenvalue weighted by Gasteiger charge is -2.08. The Morgan fingerprint density at radius 2 is 2.04 bits per heavy atom. The third-order valence-corrected chi connectivity index (χ3v) is 3.66. The first-order valence-electron chi connectivity index (χ1n) is 7.32. The molecule has 0 aliphatic heterocycles. The smallest absolute Gasteiger partial charge is 0.255 e. The molecule has 0 fully saturated rings. The van der Waals surface area contributed by atoms with Gasteiger partial charge in [0.15, 0.2) is 5.96 Å². The summed E-state index contributed by atoms with van der Waals surface area (Å²) < 4.78 is 1.61. The molecule has 0 spiro atoms. The van der Waals surface area contributed by atoms with E-state index in [1.807, 2.05) is 31.2 Å². The van der Waals surface area contributed by atoms with E-state index < -0.39 is 0 Å². The fourth-order valence-electron chi connectivity index (χ4n) is 2.13. The Bertz CT molecular complexity index is 752. The maximum atomic E-state index is 12.1. The van der Waals surface area contributed by atoms with Crippen LogP contribution >= 0.6 is 24.0 Å². The van der Waals surface area contributed by atoms with Gasteiger partial charge in [-0.15, -0.1) is 24.0 Å². The summed E-state index contributed by atoms with van der Waals surface area (Å²) in [7, 11) is 1.75. The SMILES string of the molecule is CCc1cccc(NC(N)=NCc2ccc(C)n(C)c2=O)c1.I. The van der Waals surface area contributed by atoms with Crippen molar-refractivity contribution >= 4 is 35.6 Å². The second kappa shape index (κ2) is 8.71. The van der Waals surface area contributed by atoms with Crippen LogP contribution in [0.5, 0.6) is 0 Å². The molecule has 0 saturated heterocycles. The van der Waals surface area contributed by atoms with Gasteiger partial charge >= 0.3 is 0 Å². The van der Waals surface area contributed by atoms with Crippen molar-refractivity contribution in [2.45, 2.75) is 26.8 Å². The summed E-state index contributed by atoms with van der Waals surface area (Å²) >= 11 is 0. The predicted octanol–water partition coefficient (Wildman–Crippen LogP) is 2.80. The summed E-state index contributed by atoms with van der Waals surface area (Å²) in [5.74, 6) is 0.302. The van der Waals surface area contributed by atoms with Crippen molar-refractivity contribution < 1.29 is 0 Å². The molecule has 0 radical (unpaired) electrons. The summed E-state index contributed by atoms with van der Waals surface area (Å²) in [5.41, 5.74) is 9.53. The highest BCUT2D eigenvalue weighted by atomic mass is 127. The van der Waals surface area contributed by atoms with Crippen LogP contribution in [0.15, 0.2) is 46.2 Å². The van der Waals surface area contributed by atoms with Crippen molar-refractivity contribution in [2.24, 2.45) is 17.8 Å². The number of hydrogen-bond acceptors (Lipinski definition) is 2. The van der Waals surface area contributed by atoms with E-state index in [-0.39, 0.29) is 36.1 Å². The average molecular weight is 426 g/mol. The predicted molar refractivity (Wildman–Crippen MR) is 107 cm³/mol. The molecule has 0 atom stereocenters. The third-order valence-electron chi connectivity index (χ3n) is 3.66. The second-order valence-corrected chi connectivity index (χ2v) is 5.24. The maximum Gasteiger partial charge on any atom is 0.255 e. The number of benzene rings is 1. The van der Waals surface area contributed by atoms with Crippen LogP contribution in [0.4, 0.5) is 5.69 Å². The number of hydrogen-bond donors (Lipinski definition) is 2. The number of rotatable bonds is 4. The first-order chi connectivity index (χ1) is 10.5. The molecule has 0 saturated carbocycles. The molecule has 1 heterocycles. The van der Waals surface area contributed by atoms with Gasteiger partial charge in [-0.3, -0.25) is 4.79 Å². The highest BCUT2D eigenvalue weighted by Gasteiger charge is 2.03. The van der Waals surface area contributed by atoms with Gasteiger partial charge < -0.3 is 15.6 Å². The monoisotopic (exact) mass is 426 g/mol. The summed E-state index contributed by atoms with van der Waals surface area (Å²) in [6.45, 7) is 4.26. The van der Waals surface area contributed by atoms with Crippen LogP contribution in [0.25, 0.3) is 0 Å². The van der Waals surface area contributed by atoms with Crippen LogP contribution in [0.3, 0.4) is 0 Å². The van der Waals surface area contributed by atoms with Crippen LogP contribution in [-0.2, 0) is 20.0 Å². The minimum absolute atomic E-state index is 0. The molecule has 5 nitrogen and oxygen atoms in total. The second-order valence-electron chi connectivity index (χ2n) is 5.24. The van der Waals surface area contributed by atoms with E-state index in [1.54, 1.807) is 17.7 Å². The van der Waals surface area contributed by atoms with Gasteiger partial charge in [0, 0.05) is 24.0 Å². The van der Waals surface area contributed by atoms with Crippen LogP contribution in [0.1, 0.15) is 23.7 Å². The number of nitrogens with one attached hydrogen (secondary N) is 1. The van der Waals surface area contributed by atoms with Crippen molar-refractivity contribution in [1.82, 2.24) is 4.57 Å². The van der Waals surface area contributed by atoms with E-state index in [4.69, 9.17) is 5.73 Å². The fraction of sp³-hybridized carbons (Fsp3) is 0.294. The van der Waals surface area contributed by atoms with Gasteiger partial charge in [0.1, 0.15) is 0 Å². The van der Waals surface area contributed by atoms with E-state index >= 15 is 0 Å². The summed E-state index contributed by atoms with van der Waals surface area (Å²) in [5, 5.41) is 3.05. The van der Waals surface area contributed by atoms with Crippen LogP contribution < -0.4 is 16.6 Å². The zero-order chi connectivity index (χ0) is 16.1. The van der Waals surface area contributed by atoms with Crippen LogP contribution in [0, 0.1) is 6.92 Å². The van der Waals surface area contributed by atoms with Crippen LogP contribution in [0.2, 0.25) is 0 Å². The average Bonchev–Trinajstić information content (AvgIpc) is 2.52. The summed E-state index contributed by atoms with van der Waals surface area (Å²) in [4.78, 5) is 16.3. The third kappa shape index (κ3) is 5.09. The molecule has 6 heteroatoms. The Hall–Kier alpha value is -1.83. The lowest BCUT2D eigenvalue weighted by molar-refractivity contribution is 0.795. The Morgan fingerprint density at radius 3 is 2.74 bits per heavy atom. The van der Waals surface area contributed by atoms with Gasteiger partial charge in [-0.1, -0.05) is 19.1 Å². The normalized spacial score (nSPS) is 11.0. The molecule has 2 rings (SSSR count). The number of aliphatic imine (C=N–C) groups is 1. The van der Waals surface area contributed by atoms with Gasteiger partial charge in [0.25, 0.3) is 5.56 Å². The number of aromatic nitrogens is 1. The number of guanidine groups is 1. The Morgan fingerprint density at radius 1 is 1.30 bits per heavy atom. The zero-order valence-corrected chi connectivity index (χ0v) is 16.0. The molecule has 0 aliphatic carbocycles. The molecule has 0 unspecified atom stereocenters. The maximum absolute atomic E-state index is 12.1. The van der Waals surface area contributed by atoms with E-state index in [0.29, 0.717) is 11.5 Å². The quantitative estimate of drug-likeness (QED) is 0.449. The topological polar surface area (TPSA) is 72.4 Å². The number of nitrogens with zero attached hydrogens (tertiary/aromatic N) is 2. The number of aryl methyl sites for hydroxylation is 2. The van der Waals surface area contributed by atoms with E-state index in [9.17, 15) is 4.79 Å². The van der Waals surface area contributed by atoms with E-state index in [1.165, 1.54) is 5.56 Å². The molecule has 0 aliphatic rings. The number of nitrogens with two attached hydrogens (primary N) is 1. The molecule has 3 N–H and O–H groups in total. The molecule has 0 amide bonds. The minimum atomic E-state index is -0.0375. The number of halogens is 1. The zero-order valence-electron chi connectivity index (χ0n) is 13.7. The first kappa shape index (κ1) is 19.2. The molecule has 23 heavy (non-hydrogen) atoms. The van der Waals surface area contributed by atoms with Crippen molar-refractivity contribution in [3.63, 3.8) is 0 Å². The van der Waals surface area contributed by atoms with Gasteiger partial charge in [0.05, 0.1) is 6.54 Å². The van der Waals surface area contributed by atoms with Gasteiger partial charge in [-0.25, -0.2) is 4.99 Å². The molecule has 0 bridgehead atoms. The number of pyridine rings is 1. The van der Waals surface area contributed by atoms with Crippen molar-refractivity contribution in [3.8, 4) is 0 Å². The highest BCUT2D eigenvalue weighted by molar-refractivity contribution is 14.0.